The fraction of sp³-hybridized carbons (Fsp3) is 0.818. The summed E-state index contributed by atoms with van der Waals surface area (Å²) in [5.74, 6) is -1.27. The van der Waals surface area contributed by atoms with Gasteiger partial charge >= 0.3 is 11.9 Å². The summed E-state index contributed by atoms with van der Waals surface area (Å²) in [7, 11) is 0. The third-order valence-electron chi connectivity index (χ3n) is 1.81. The van der Waals surface area contributed by atoms with Crippen LogP contribution < -0.4 is 0 Å². The lowest BCUT2D eigenvalue weighted by atomic mass is 9.97. The van der Waals surface area contributed by atoms with E-state index in [-0.39, 0.29) is 6.61 Å². The van der Waals surface area contributed by atoms with E-state index in [1.807, 2.05) is 0 Å². The van der Waals surface area contributed by atoms with E-state index in [1.165, 1.54) is 6.92 Å². The van der Waals surface area contributed by atoms with Crippen LogP contribution in [0.2, 0.25) is 0 Å². The lowest BCUT2D eigenvalue weighted by Gasteiger charge is -2.23. The molecule has 1 N–H and O–H groups in total. The molecule has 0 spiro atoms. The molecule has 16 heavy (non-hydrogen) atoms. The first kappa shape index (κ1) is 14.9. The molecule has 0 heterocycles. The Morgan fingerprint density at radius 2 is 1.56 bits per heavy atom. The van der Waals surface area contributed by atoms with Crippen LogP contribution in [0.5, 0.6) is 0 Å². The number of hydrogen-bond acceptors (Lipinski definition) is 5. The van der Waals surface area contributed by atoms with Crippen LogP contribution in [0, 0.1) is 5.41 Å². The molecule has 0 aliphatic carbocycles. The van der Waals surface area contributed by atoms with Crippen molar-refractivity contribution in [3.05, 3.63) is 0 Å². The molecule has 5 heteroatoms. The fourth-order valence-corrected chi connectivity index (χ4v) is 0.768. The second-order valence-electron chi connectivity index (χ2n) is 4.82. The minimum Gasteiger partial charge on any atom is -0.464 e. The molecule has 0 aromatic carbocycles. The summed E-state index contributed by atoms with van der Waals surface area (Å²) < 4.78 is 9.49. The number of carbonyl (C=O) groups is 2. The van der Waals surface area contributed by atoms with Crippen LogP contribution >= 0.6 is 0 Å². The monoisotopic (exact) mass is 232 g/mol. The first-order chi connectivity index (χ1) is 7.11. The quantitative estimate of drug-likeness (QED) is 0.729. The normalized spacial score (nSPS) is 15.1. The van der Waals surface area contributed by atoms with Crippen molar-refractivity contribution < 1.29 is 24.2 Å². The highest BCUT2D eigenvalue weighted by Crippen LogP contribution is 2.17. The Morgan fingerprint density at radius 1 is 1.06 bits per heavy atom. The van der Waals surface area contributed by atoms with Gasteiger partial charge in [0.2, 0.25) is 0 Å². The first-order valence-electron chi connectivity index (χ1n) is 5.18. The Kier molecular flexibility index (Phi) is 4.93. The maximum absolute atomic E-state index is 11.4. The van der Waals surface area contributed by atoms with Gasteiger partial charge in [-0.25, -0.2) is 4.79 Å². The van der Waals surface area contributed by atoms with Crippen LogP contribution in [0.4, 0.5) is 0 Å². The number of rotatable bonds is 4. The molecule has 0 aliphatic rings. The highest BCUT2D eigenvalue weighted by Gasteiger charge is 2.35. The zero-order valence-electron chi connectivity index (χ0n) is 10.5. The van der Waals surface area contributed by atoms with E-state index in [1.54, 1.807) is 27.7 Å². The minimum atomic E-state index is -1.79. The van der Waals surface area contributed by atoms with E-state index in [0.29, 0.717) is 0 Å². The molecule has 0 saturated carbocycles. The summed E-state index contributed by atoms with van der Waals surface area (Å²) in [5, 5.41) is 9.68. The van der Waals surface area contributed by atoms with Crippen LogP contribution in [-0.2, 0) is 19.1 Å². The van der Waals surface area contributed by atoms with Crippen LogP contribution in [0.1, 0.15) is 34.6 Å². The molecule has 0 bridgehead atoms. The van der Waals surface area contributed by atoms with Gasteiger partial charge in [-0.05, 0) is 34.6 Å². The Morgan fingerprint density at radius 3 is 1.94 bits per heavy atom. The van der Waals surface area contributed by atoms with E-state index in [4.69, 9.17) is 4.74 Å². The topological polar surface area (TPSA) is 72.8 Å². The molecular weight excluding hydrogens is 212 g/mol. The van der Waals surface area contributed by atoms with Crippen molar-refractivity contribution in [1.29, 1.82) is 0 Å². The van der Waals surface area contributed by atoms with Gasteiger partial charge in [0.25, 0.3) is 0 Å². The average molecular weight is 232 g/mol. The summed E-state index contributed by atoms with van der Waals surface area (Å²) >= 11 is 0. The summed E-state index contributed by atoms with van der Waals surface area (Å²) in [6.45, 7) is 7.72. The molecule has 0 saturated heterocycles. The van der Waals surface area contributed by atoms with E-state index in [9.17, 15) is 14.7 Å². The van der Waals surface area contributed by atoms with Crippen molar-refractivity contribution in [3.63, 3.8) is 0 Å². The van der Waals surface area contributed by atoms with Crippen LogP contribution in [0.3, 0.4) is 0 Å². The number of hydrogen-bond donors (Lipinski definition) is 1. The largest absolute Gasteiger partial charge is 0.464 e. The Balaban J connectivity index is 4.29. The van der Waals surface area contributed by atoms with Crippen LogP contribution in [-0.4, -0.2) is 35.9 Å². The highest BCUT2D eigenvalue weighted by molar-refractivity contribution is 5.80. The lowest BCUT2D eigenvalue weighted by molar-refractivity contribution is -0.175. The molecule has 1 atom stereocenters. The van der Waals surface area contributed by atoms with Gasteiger partial charge in [0.1, 0.15) is 6.61 Å². The van der Waals surface area contributed by atoms with Crippen molar-refractivity contribution in [3.8, 4) is 0 Å². The summed E-state index contributed by atoms with van der Waals surface area (Å²) in [6, 6.07) is 0. The maximum atomic E-state index is 11.4. The van der Waals surface area contributed by atoms with E-state index >= 15 is 0 Å². The van der Waals surface area contributed by atoms with Crippen molar-refractivity contribution in [2.45, 2.75) is 40.2 Å². The molecular formula is C11H20O5. The third kappa shape index (κ3) is 4.61. The van der Waals surface area contributed by atoms with Crippen molar-refractivity contribution in [1.82, 2.24) is 0 Å². The number of carbonyl (C=O) groups excluding carboxylic acids is 2. The average Bonchev–Trinajstić information content (AvgIpc) is 2.13. The van der Waals surface area contributed by atoms with Gasteiger partial charge < -0.3 is 14.6 Å². The zero-order chi connectivity index (χ0) is 13.0. The molecule has 0 amide bonds. The van der Waals surface area contributed by atoms with E-state index < -0.39 is 29.6 Å². The summed E-state index contributed by atoms with van der Waals surface area (Å²) in [6.07, 6.45) is 0. The third-order valence-corrected chi connectivity index (χ3v) is 1.81. The smallest absolute Gasteiger partial charge is 0.341 e. The van der Waals surface area contributed by atoms with Gasteiger partial charge in [-0.2, -0.15) is 0 Å². The SMILES string of the molecule is CCOC(=O)C(C)(O)COC(=O)C(C)(C)C. The first-order valence-corrected chi connectivity index (χ1v) is 5.18. The van der Waals surface area contributed by atoms with Gasteiger partial charge in [-0.15, -0.1) is 0 Å². The molecule has 1 unspecified atom stereocenters. The molecule has 0 aromatic heterocycles. The molecule has 94 valence electrons. The number of aliphatic hydroxyl groups is 1. The summed E-state index contributed by atoms with van der Waals surface area (Å²) in [4.78, 5) is 22.7. The second-order valence-corrected chi connectivity index (χ2v) is 4.82. The van der Waals surface area contributed by atoms with Gasteiger partial charge in [-0.3, -0.25) is 4.79 Å². The van der Waals surface area contributed by atoms with Crippen molar-refractivity contribution in [2.24, 2.45) is 5.41 Å². The zero-order valence-corrected chi connectivity index (χ0v) is 10.5. The van der Waals surface area contributed by atoms with Gasteiger partial charge in [0.05, 0.1) is 12.0 Å². The minimum absolute atomic E-state index is 0.169. The molecule has 0 fully saturated rings. The molecule has 0 radical (unpaired) electrons. The number of esters is 2. The Labute approximate surface area is 95.7 Å². The van der Waals surface area contributed by atoms with Crippen LogP contribution in [0.25, 0.3) is 0 Å². The Hall–Kier alpha value is -1.10. The fourth-order valence-electron chi connectivity index (χ4n) is 0.768. The van der Waals surface area contributed by atoms with E-state index in [2.05, 4.69) is 4.74 Å². The highest BCUT2D eigenvalue weighted by atomic mass is 16.6. The van der Waals surface area contributed by atoms with Gasteiger partial charge in [0, 0.05) is 0 Å². The predicted molar refractivity (Wildman–Crippen MR) is 57.7 cm³/mol. The second kappa shape index (κ2) is 5.30. The van der Waals surface area contributed by atoms with Gasteiger partial charge in [-0.1, -0.05) is 0 Å². The van der Waals surface area contributed by atoms with Crippen molar-refractivity contribution >= 4 is 11.9 Å². The van der Waals surface area contributed by atoms with Gasteiger partial charge in [0.15, 0.2) is 5.60 Å². The van der Waals surface area contributed by atoms with Crippen LogP contribution in [0.15, 0.2) is 0 Å². The molecule has 0 aliphatic heterocycles. The number of ether oxygens (including phenoxy) is 2. The maximum Gasteiger partial charge on any atom is 0.341 e. The summed E-state index contributed by atoms with van der Waals surface area (Å²) in [5.41, 5.74) is -2.46. The molecule has 5 nitrogen and oxygen atoms in total. The van der Waals surface area contributed by atoms with E-state index in [0.717, 1.165) is 0 Å². The molecule has 0 rings (SSSR count). The molecule has 0 aromatic rings. The Bertz CT molecular complexity index is 262. The standard InChI is InChI=1S/C11H20O5/c1-6-15-9(13)11(5,14)7-16-8(12)10(2,3)4/h14H,6-7H2,1-5H3. The lowest BCUT2D eigenvalue weighted by Crippen LogP contribution is -2.43. The van der Waals surface area contributed by atoms with Crippen molar-refractivity contribution in [2.75, 3.05) is 13.2 Å². The predicted octanol–water partition coefficient (Wildman–Crippen LogP) is 0.890.